The number of hydrogen-bond acceptors (Lipinski definition) is 2. The summed E-state index contributed by atoms with van der Waals surface area (Å²) in [5.74, 6) is 0.456. The Morgan fingerprint density at radius 2 is 1.56 bits per heavy atom. The quantitative estimate of drug-likeness (QED) is 0.689. The molecule has 0 unspecified atom stereocenters. The van der Waals surface area contributed by atoms with Crippen LogP contribution in [-0.4, -0.2) is 17.0 Å². The first kappa shape index (κ1) is 13.7. The summed E-state index contributed by atoms with van der Waals surface area (Å²) in [5.41, 5.74) is -0.0150. The van der Waals surface area contributed by atoms with Crippen LogP contribution < -0.4 is 0 Å². The highest BCUT2D eigenvalue weighted by atomic mass is 16.3. The van der Waals surface area contributed by atoms with E-state index in [1.165, 1.54) is 0 Å². The molecule has 1 rings (SSSR count). The molecule has 0 aromatic carbocycles. The molecule has 3 atom stereocenters. The highest BCUT2D eigenvalue weighted by Crippen LogP contribution is 2.43. The van der Waals surface area contributed by atoms with Crippen LogP contribution in [0.3, 0.4) is 0 Å². The van der Waals surface area contributed by atoms with Gasteiger partial charge in [-0.2, -0.15) is 0 Å². The van der Waals surface area contributed by atoms with E-state index in [2.05, 4.69) is 41.5 Å². The largest absolute Gasteiger partial charge is 0.393 e. The lowest BCUT2D eigenvalue weighted by Gasteiger charge is -2.43. The Balaban J connectivity index is 2.83. The third-order valence-electron chi connectivity index (χ3n) is 3.91. The van der Waals surface area contributed by atoms with Gasteiger partial charge in [0.05, 0.1) is 6.10 Å². The minimum Gasteiger partial charge on any atom is -0.393 e. The van der Waals surface area contributed by atoms with E-state index in [9.17, 15) is 9.90 Å². The zero-order valence-electron chi connectivity index (χ0n) is 11.5. The summed E-state index contributed by atoms with van der Waals surface area (Å²) in [7, 11) is 0. The maximum Gasteiger partial charge on any atom is 0.136 e. The lowest BCUT2D eigenvalue weighted by atomic mass is 9.62. The predicted molar refractivity (Wildman–Crippen MR) is 66.1 cm³/mol. The van der Waals surface area contributed by atoms with Gasteiger partial charge in [-0.3, -0.25) is 4.79 Å². The molecule has 16 heavy (non-hydrogen) atoms. The smallest absolute Gasteiger partial charge is 0.136 e. The van der Waals surface area contributed by atoms with Gasteiger partial charge in [0, 0.05) is 12.3 Å². The Morgan fingerprint density at radius 1 is 1.06 bits per heavy atom. The molecular formula is C14H26O2. The van der Waals surface area contributed by atoms with Crippen molar-refractivity contribution in [2.45, 2.75) is 60.5 Å². The molecule has 1 N–H and O–H groups in total. The zero-order valence-corrected chi connectivity index (χ0v) is 11.5. The van der Waals surface area contributed by atoms with Gasteiger partial charge in [-0.15, -0.1) is 0 Å². The summed E-state index contributed by atoms with van der Waals surface area (Å²) in [6.45, 7) is 12.6. The summed E-state index contributed by atoms with van der Waals surface area (Å²) in [5, 5.41) is 10.2. The molecule has 0 aromatic heterocycles. The molecule has 1 fully saturated rings. The summed E-state index contributed by atoms with van der Waals surface area (Å²) < 4.78 is 0. The Labute approximate surface area is 99.4 Å². The summed E-state index contributed by atoms with van der Waals surface area (Å²) >= 11 is 0. The number of aliphatic hydroxyl groups is 1. The average Bonchev–Trinajstić information content (AvgIpc) is 2.04. The molecule has 0 aromatic rings. The topological polar surface area (TPSA) is 37.3 Å². The van der Waals surface area contributed by atoms with E-state index in [0.717, 1.165) is 0 Å². The van der Waals surface area contributed by atoms with Crippen molar-refractivity contribution in [3.63, 3.8) is 0 Å². The number of carbonyl (C=O) groups is 1. The average molecular weight is 226 g/mol. The third kappa shape index (κ3) is 2.85. The SMILES string of the molecule is CC(C)(C)[C@@H]1CC(=O)[C@@H](C(C)(C)C)C[C@@H]1O. The van der Waals surface area contributed by atoms with Gasteiger partial charge in [-0.1, -0.05) is 41.5 Å². The van der Waals surface area contributed by atoms with Gasteiger partial charge in [0.25, 0.3) is 0 Å². The molecular weight excluding hydrogens is 200 g/mol. The maximum absolute atomic E-state index is 12.1. The molecule has 0 amide bonds. The van der Waals surface area contributed by atoms with E-state index in [1.54, 1.807) is 0 Å². The zero-order chi connectivity index (χ0) is 12.7. The second kappa shape index (κ2) is 4.14. The molecule has 1 aliphatic rings. The van der Waals surface area contributed by atoms with Crippen LogP contribution in [0, 0.1) is 22.7 Å². The molecule has 0 aliphatic heterocycles. The van der Waals surface area contributed by atoms with Crippen LogP contribution in [0.1, 0.15) is 54.4 Å². The van der Waals surface area contributed by atoms with E-state index < -0.39 is 0 Å². The highest BCUT2D eigenvalue weighted by molar-refractivity contribution is 5.83. The molecule has 0 saturated heterocycles. The van der Waals surface area contributed by atoms with Crippen molar-refractivity contribution in [1.82, 2.24) is 0 Å². The number of hydrogen-bond donors (Lipinski definition) is 1. The van der Waals surface area contributed by atoms with Crippen LogP contribution in [0.4, 0.5) is 0 Å². The van der Waals surface area contributed by atoms with Gasteiger partial charge in [-0.05, 0) is 23.2 Å². The molecule has 0 spiro atoms. The van der Waals surface area contributed by atoms with Crippen LogP contribution in [-0.2, 0) is 4.79 Å². The van der Waals surface area contributed by atoms with Crippen LogP contribution >= 0.6 is 0 Å². The fraction of sp³-hybridized carbons (Fsp3) is 0.929. The molecule has 0 radical (unpaired) electrons. The number of ketones is 1. The number of carbonyl (C=O) groups excluding carboxylic acids is 1. The van der Waals surface area contributed by atoms with E-state index in [0.29, 0.717) is 18.6 Å². The van der Waals surface area contributed by atoms with E-state index in [-0.39, 0.29) is 28.8 Å². The van der Waals surface area contributed by atoms with Gasteiger partial charge < -0.3 is 5.11 Å². The van der Waals surface area contributed by atoms with E-state index in [4.69, 9.17) is 0 Å². The monoisotopic (exact) mass is 226 g/mol. The van der Waals surface area contributed by atoms with E-state index >= 15 is 0 Å². The molecule has 94 valence electrons. The Hall–Kier alpha value is -0.370. The van der Waals surface area contributed by atoms with Gasteiger partial charge in [0.1, 0.15) is 5.78 Å². The van der Waals surface area contributed by atoms with Gasteiger partial charge in [0.15, 0.2) is 0 Å². The number of Topliss-reactive ketones (excluding diaryl/α,β-unsaturated/α-hetero) is 1. The molecule has 2 nitrogen and oxygen atoms in total. The van der Waals surface area contributed by atoms with Crippen molar-refractivity contribution >= 4 is 5.78 Å². The molecule has 1 saturated carbocycles. The summed E-state index contributed by atoms with van der Waals surface area (Å²) in [6.07, 6.45) is 0.832. The minimum atomic E-state index is -0.332. The summed E-state index contributed by atoms with van der Waals surface area (Å²) in [4.78, 5) is 12.1. The van der Waals surface area contributed by atoms with Crippen molar-refractivity contribution in [2.24, 2.45) is 22.7 Å². The van der Waals surface area contributed by atoms with Gasteiger partial charge in [0.2, 0.25) is 0 Å². The fourth-order valence-corrected chi connectivity index (χ4v) is 2.75. The second-order valence-corrected chi connectivity index (χ2v) is 7.36. The highest BCUT2D eigenvalue weighted by Gasteiger charge is 2.44. The summed E-state index contributed by atoms with van der Waals surface area (Å²) in [6, 6.07) is 0. The van der Waals surface area contributed by atoms with Crippen LogP contribution in [0.15, 0.2) is 0 Å². The molecule has 2 heteroatoms. The first-order chi connectivity index (χ1) is 7.03. The van der Waals surface area contributed by atoms with Gasteiger partial charge in [-0.25, -0.2) is 0 Å². The second-order valence-electron chi connectivity index (χ2n) is 7.36. The van der Waals surface area contributed by atoms with Crippen molar-refractivity contribution in [3.05, 3.63) is 0 Å². The molecule has 0 heterocycles. The molecule has 1 aliphatic carbocycles. The van der Waals surface area contributed by atoms with Crippen LogP contribution in [0.2, 0.25) is 0 Å². The van der Waals surface area contributed by atoms with Crippen molar-refractivity contribution in [3.8, 4) is 0 Å². The Morgan fingerprint density at radius 3 is 1.94 bits per heavy atom. The van der Waals surface area contributed by atoms with E-state index in [1.807, 2.05) is 0 Å². The maximum atomic E-state index is 12.1. The predicted octanol–water partition coefficient (Wildman–Crippen LogP) is 3.03. The van der Waals surface area contributed by atoms with Crippen molar-refractivity contribution < 1.29 is 9.90 Å². The molecule has 0 bridgehead atoms. The minimum absolute atomic E-state index is 0.0118. The number of rotatable bonds is 0. The van der Waals surface area contributed by atoms with Crippen LogP contribution in [0.5, 0.6) is 0 Å². The van der Waals surface area contributed by atoms with Crippen LogP contribution in [0.25, 0.3) is 0 Å². The standard InChI is InChI=1S/C14H26O2/c1-13(2,3)9-7-12(16)10(8-11(9)15)14(4,5)6/h9-11,15H,7-8H2,1-6H3/t9-,10+,11+/m1/s1. The third-order valence-corrected chi connectivity index (χ3v) is 3.91. The Kier molecular flexibility index (Phi) is 3.54. The first-order valence-corrected chi connectivity index (χ1v) is 6.24. The van der Waals surface area contributed by atoms with Crippen molar-refractivity contribution in [2.75, 3.05) is 0 Å². The fourth-order valence-electron chi connectivity index (χ4n) is 2.75. The lowest BCUT2D eigenvalue weighted by Crippen LogP contribution is -2.45. The Bertz CT molecular complexity index is 267. The first-order valence-electron chi connectivity index (χ1n) is 6.24. The lowest BCUT2D eigenvalue weighted by molar-refractivity contribution is -0.138. The van der Waals surface area contributed by atoms with Gasteiger partial charge >= 0.3 is 0 Å². The normalized spacial score (nSPS) is 32.9. The number of aliphatic hydroxyl groups excluding tert-OH is 1. The van der Waals surface area contributed by atoms with Crippen molar-refractivity contribution in [1.29, 1.82) is 0 Å².